The number of nitrogens with zero attached hydrogens (tertiary/aromatic N) is 1. The maximum absolute atomic E-state index is 5.45. The number of hydrogen-bond acceptors (Lipinski definition) is 3. The summed E-state index contributed by atoms with van der Waals surface area (Å²) in [5.74, 6) is 2.25. The summed E-state index contributed by atoms with van der Waals surface area (Å²) in [6, 6.07) is 6.52. The molecule has 2 rings (SSSR count). The van der Waals surface area contributed by atoms with E-state index in [0.29, 0.717) is 5.92 Å². The molecule has 0 aliphatic carbocycles. The molecule has 1 aromatic rings. The van der Waals surface area contributed by atoms with Crippen LogP contribution in [0.25, 0.3) is 0 Å². The van der Waals surface area contributed by atoms with Gasteiger partial charge in [0.05, 0.1) is 7.11 Å². The summed E-state index contributed by atoms with van der Waals surface area (Å²) in [6.45, 7) is 7.86. The maximum Gasteiger partial charge on any atom is 0.122 e. The zero-order chi connectivity index (χ0) is 13.8. The number of rotatable bonds is 5. The summed E-state index contributed by atoms with van der Waals surface area (Å²) in [4.78, 5) is 2.36. The molecule has 3 nitrogen and oxygen atoms in total. The third-order valence-electron chi connectivity index (χ3n) is 3.97. The Morgan fingerprint density at radius 3 is 2.79 bits per heavy atom. The number of methoxy groups -OCH3 is 1. The van der Waals surface area contributed by atoms with Crippen LogP contribution in [0, 0.1) is 5.92 Å². The van der Waals surface area contributed by atoms with E-state index in [0.717, 1.165) is 24.8 Å². The normalized spacial score (nSPS) is 18.9. The van der Waals surface area contributed by atoms with Crippen LogP contribution in [0.2, 0.25) is 0 Å². The van der Waals surface area contributed by atoms with Gasteiger partial charge in [0.2, 0.25) is 0 Å². The molecule has 1 aromatic carbocycles. The predicted molar refractivity (Wildman–Crippen MR) is 81.3 cm³/mol. The van der Waals surface area contributed by atoms with Crippen LogP contribution in [0.5, 0.6) is 5.75 Å². The Kier molecular flexibility index (Phi) is 4.70. The summed E-state index contributed by atoms with van der Waals surface area (Å²) in [6.07, 6.45) is 1.29. The van der Waals surface area contributed by atoms with E-state index in [1.165, 1.54) is 24.2 Å². The van der Waals surface area contributed by atoms with Crippen molar-refractivity contribution < 1.29 is 4.74 Å². The average molecular weight is 262 g/mol. The molecule has 1 heterocycles. The molecule has 1 aliphatic rings. The zero-order valence-electron chi connectivity index (χ0n) is 12.6. The van der Waals surface area contributed by atoms with Crippen molar-refractivity contribution in [2.24, 2.45) is 5.92 Å². The Morgan fingerprint density at radius 2 is 2.21 bits per heavy atom. The van der Waals surface area contributed by atoms with E-state index < -0.39 is 0 Å². The fourth-order valence-electron chi connectivity index (χ4n) is 2.77. The van der Waals surface area contributed by atoms with Crippen molar-refractivity contribution in [3.63, 3.8) is 0 Å². The number of hydrogen-bond donors (Lipinski definition) is 1. The Labute approximate surface area is 116 Å². The number of benzene rings is 1. The molecule has 1 aliphatic heterocycles. The average Bonchev–Trinajstić information content (AvgIpc) is 2.90. The van der Waals surface area contributed by atoms with Gasteiger partial charge in [-0.2, -0.15) is 0 Å². The molecule has 106 valence electrons. The lowest BCUT2D eigenvalue weighted by molar-refractivity contribution is 0.407. The lowest BCUT2D eigenvalue weighted by Crippen LogP contribution is -2.26. The van der Waals surface area contributed by atoms with Gasteiger partial charge in [0, 0.05) is 19.3 Å². The largest absolute Gasteiger partial charge is 0.496 e. The fraction of sp³-hybridized carbons (Fsp3) is 0.625. The molecule has 0 bridgehead atoms. The van der Waals surface area contributed by atoms with E-state index in [2.05, 4.69) is 49.3 Å². The number of ether oxygens (including phenoxy) is 1. The second kappa shape index (κ2) is 6.29. The van der Waals surface area contributed by atoms with Crippen LogP contribution in [0.15, 0.2) is 18.2 Å². The van der Waals surface area contributed by atoms with Gasteiger partial charge in [-0.25, -0.2) is 0 Å². The molecule has 3 heteroatoms. The summed E-state index contributed by atoms with van der Waals surface area (Å²) in [5, 5.41) is 3.43. The zero-order valence-corrected chi connectivity index (χ0v) is 12.6. The van der Waals surface area contributed by atoms with E-state index in [1.807, 2.05) is 0 Å². The van der Waals surface area contributed by atoms with Crippen LogP contribution < -0.4 is 15.0 Å². The molecule has 1 unspecified atom stereocenters. The number of nitrogens with one attached hydrogen (secondary N) is 1. The second-order valence-corrected chi connectivity index (χ2v) is 5.82. The highest BCUT2D eigenvalue weighted by atomic mass is 16.5. The maximum atomic E-state index is 5.45. The Bertz CT molecular complexity index is 411. The van der Waals surface area contributed by atoms with Gasteiger partial charge in [-0.15, -0.1) is 0 Å². The van der Waals surface area contributed by atoms with Gasteiger partial charge in [0.15, 0.2) is 0 Å². The SMILES string of the molecule is COc1ccc(N(C)CC2CCNC2)cc1C(C)C. The summed E-state index contributed by atoms with van der Waals surface area (Å²) >= 11 is 0. The molecule has 0 aromatic heterocycles. The van der Waals surface area contributed by atoms with E-state index in [4.69, 9.17) is 4.74 Å². The first kappa shape index (κ1) is 14.2. The molecule has 1 fully saturated rings. The van der Waals surface area contributed by atoms with Gasteiger partial charge < -0.3 is 15.0 Å². The van der Waals surface area contributed by atoms with Crippen molar-refractivity contribution in [2.45, 2.75) is 26.2 Å². The molecule has 0 spiro atoms. The first-order valence-electron chi connectivity index (χ1n) is 7.21. The van der Waals surface area contributed by atoms with Gasteiger partial charge in [-0.1, -0.05) is 13.8 Å². The van der Waals surface area contributed by atoms with Crippen molar-refractivity contribution in [1.29, 1.82) is 0 Å². The minimum absolute atomic E-state index is 0.483. The first-order valence-corrected chi connectivity index (χ1v) is 7.21. The highest BCUT2D eigenvalue weighted by Crippen LogP contribution is 2.30. The molecule has 19 heavy (non-hydrogen) atoms. The van der Waals surface area contributed by atoms with Crippen molar-refractivity contribution in [1.82, 2.24) is 5.32 Å². The topological polar surface area (TPSA) is 24.5 Å². The molecule has 1 N–H and O–H groups in total. The van der Waals surface area contributed by atoms with E-state index in [-0.39, 0.29) is 0 Å². The van der Waals surface area contributed by atoms with Crippen LogP contribution in [0.3, 0.4) is 0 Å². The summed E-state index contributed by atoms with van der Waals surface area (Å²) in [7, 11) is 3.93. The quantitative estimate of drug-likeness (QED) is 0.883. The lowest BCUT2D eigenvalue weighted by atomic mass is 10.0. The van der Waals surface area contributed by atoms with Crippen LogP contribution in [-0.2, 0) is 0 Å². The monoisotopic (exact) mass is 262 g/mol. The van der Waals surface area contributed by atoms with Crippen LogP contribution >= 0.6 is 0 Å². The molecule has 1 atom stereocenters. The minimum Gasteiger partial charge on any atom is -0.496 e. The third-order valence-corrected chi connectivity index (χ3v) is 3.97. The smallest absolute Gasteiger partial charge is 0.122 e. The summed E-state index contributed by atoms with van der Waals surface area (Å²) < 4.78 is 5.45. The van der Waals surface area contributed by atoms with E-state index in [1.54, 1.807) is 7.11 Å². The standard InChI is InChI=1S/C16H26N2O/c1-12(2)15-9-14(5-6-16(15)19-4)18(3)11-13-7-8-17-10-13/h5-6,9,12-13,17H,7-8,10-11H2,1-4H3. The molecular weight excluding hydrogens is 236 g/mol. The van der Waals surface area contributed by atoms with Crippen LogP contribution in [0.4, 0.5) is 5.69 Å². The molecule has 0 radical (unpaired) electrons. The number of anilines is 1. The Hall–Kier alpha value is -1.22. The van der Waals surface area contributed by atoms with Gasteiger partial charge in [0.25, 0.3) is 0 Å². The van der Waals surface area contributed by atoms with Crippen molar-refractivity contribution in [3.05, 3.63) is 23.8 Å². The van der Waals surface area contributed by atoms with Crippen molar-refractivity contribution in [2.75, 3.05) is 38.7 Å². The fourth-order valence-corrected chi connectivity index (χ4v) is 2.77. The van der Waals surface area contributed by atoms with E-state index in [9.17, 15) is 0 Å². The van der Waals surface area contributed by atoms with Crippen LogP contribution in [0.1, 0.15) is 31.7 Å². The first-order chi connectivity index (χ1) is 9.11. The molecule has 1 saturated heterocycles. The minimum atomic E-state index is 0.483. The van der Waals surface area contributed by atoms with Gasteiger partial charge in [-0.05, 0) is 55.1 Å². The lowest BCUT2D eigenvalue weighted by Gasteiger charge is -2.24. The van der Waals surface area contributed by atoms with Gasteiger partial charge in [0.1, 0.15) is 5.75 Å². The van der Waals surface area contributed by atoms with Gasteiger partial charge in [-0.3, -0.25) is 0 Å². The summed E-state index contributed by atoms with van der Waals surface area (Å²) in [5.41, 5.74) is 2.58. The Morgan fingerprint density at radius 1 is 1.42 bits per heavy atom. The van der Waals surface area contributed by atoms with Crippen molar-refractivity contribution >= 4 is 5.69 Å². The van der Waals surface area contributed by atoms with Gasteiger partial charge >= 0.3 is 0 Å². The van der Waals surface area contributed by atoms with Crippen LogP contribution in [-0.4, -0.2) is 33.8 Å². The second-order valence-electron chi connectivity index (χ2n) is 5.82. The predicted octanol–water partition coefficient (Wildman–Crippen LogP) is 2.86. The molecule has 0 saturated carbocycles. The van der Waals surface area contributed by atoms with Crippen molar-refractivity contribution in [3.8, 4) is 5.75 Å². The molecular formula is C16H26N2O. The third kappa shape index (κ3) is 3.41. The highest BCUT2D eigenvalue weighted by Gasteiger charge is 2.17. The highest BCUT2D eigenvalue weighted by molar-refractivity contribution is 5.53. The Balaban J connectivity index is 2.12. The molecule has 0 amide bonds. The van der Waals surface area contributed by atoms with E-state index >= 15 is 0 Å².